The monoisotopic (exact) mass is 629 g/mol. The molecule has 13 heteroatoms. The highest BCUT2D eigenvalue weighted by molar-refractivity contribution is 7.98. The molecule has 0 aliphatic carbocycles. The summed E-state index contributed by atoms with van der Waals surface area (Å²) in [6.07, 6.45) is 1.52. The molecule has 2 aromatic heterocycles. The van der Waals surface area contributed by atoms with E-state index in [4.69, 9.17) is 15.2 Å². The Morgan fingerprint density at radius 2 is 1.78 bits per heavy atom. The average molecular weight is 630 g/mol. The van der Waals surface area contributed by atoms with E-state index in [9.17, 15) is 24.9 Å². The van der Waals surface area contributed by atoms with Gasteiger partial charge in [0, 0.05) is 31.0 Å². The van der Waals surface area contributed by atoms with Crippen molar-refractivity contribution in [1.29, 1.82) is 10.5 Å². The summed E-state index contributed by atoms with van der Waals surface area (Å²) in [6.45, 7) is 7.10. The van der Waals surface area contributed by atoms with Gasteiger partial charge in [-0.1, -0.05) is 12.1 Å². The van der Waals surface area contributed by atoms with E-state index in [0.29, 0.717) is 34.1 Å². The van der Waals surface area contributed by atoms with Gasteiger partial charge in [-0.15, -0.1) is 11.8 Å². The molecule has 3 aromatic rings. The second-order valence-corrected chi connectivity index (χ2v) is 11.8. The molecule has 0 fully saturated rings. The SMILES string of the molecule is CNC(=O)c1cc(CSc2nc(N)c(C#N)c(-c3ccc(OCCCC(=O)[C@H](C)NC(=O)OC(C)(C)C)cc3)c2C#N)ccn1. The fourth-order valence-corrected chi connectivity index (χ4v) is 5.03. The lowest BCUT2D eigenvalue weighted by Crippen LogP contribution is -2.41. The van der Waals surface area contributed by atoms with Crippen molar-refractivity contribution >= 4 is 35.4 Å². The fraction of sp³-hybridized carbons (Fsp3) is 0.344. The average Bonchev–Trinajstić information content (AvgIpc) is 3.00. The van der Waals surface area contributed by atoms with Gasteiger partial charge in [0.25, 0.3) is 5.91 Å². The second-order valence-electron chi connectivity index (χ2n) is 10.9. The quantitative estimate of drug-likeness (QED) is 0.185. The van der Waals surface area contributed by atoms with Crippen LogP contribution in [0.15, 0.2) is 47.6 Å². The van der Waals surface area contributed by atoms with Crippen LogP contribution in [0.5, 0.6) is 5.75 Å². The Morgan fingerprint density at radius 1 is 1.09 bits per heavy atom. The Morgan fingerprint density at radius 3 is 2.40 bits per heavy atom. The summed E-state index contributed by atoms with van der Waals surface area (Å²) in [4.78, 5) is 44.6. The Kier molecular flexibility index (Phi) is 11.9. The van der Waals surface area contributed by atoms with Crippen molar-refractivity contribution in [3.05, 3.63) is 65.0 Å². The molecule has 2 heterocycles. The predicted molar refractivity (Wildman–Crippen MR) is 169 cm³/mol. The van der Waals surface area contributed by atoms with Gasteiger partial charge in [-0.25, -0.2) is 9.78 Å². The van der Waals surface area contributed by atoms with Crippen LogP contribution in [0.3, 0.4) is 0 Å². The van der Waals surface area contributed by atoms with E-state index in [2.05, 4.69) is 32.7 Å². The molecule has 1 aromatic carbocycles. The highest BCUT2D eigenvalue weighted by Gasteiger charge is 2.22. The number of carbonyl (C=O) groups excluding carboxylic acids is 3. The Labute approximate surface area is 266 Å². The Bertz CT molecular complexity index is 1640. The molecule has 3 rings (SSSR count). The fourth-order valence-electron chi connectivity index (χ4n) is 4.09. The van der Waals surface area contributed by atoms with E-state index in [1.54, 1.807) is 64.1 Å². The van der Waals surface area contributed by atoms with E-state index in [1.165, 1.54) is 25.0 Å². The number of carbonyl (C=O) groups is 3. The highest BCUT2D eigenvalue weighted by atomic mass is 32.2. The van der Waals surface area contributed by atoms with E-state index in [0.717, 1.165) is 5.56 Å². The molecule has 0 bridgehead atoms. The molecule has 1 atom stereocenters. The largest absolute Gasteiger partial charge is 0.494 e. The van der Waals surface area contributed by atoms with Gasteiger partial charge >= 0.3 is 6.09 Å². The number of ketones is 1. The zero-order valence-corrected chi connectivity index (χ0v) is 26.6. The first kappa shape index (κ1) is 34.4. The Balaban J connectivity index is 1.68. The number of alkyl carbamates (subject to hydrolysis) is 1. The number of nitrogens with one attached hydrogen (secondary N) is 2. The van der Waals surface area contributed by atoms with Crippen molar-refractivity contribution in [2.45, 2.75) is 63.0 Å². The maximum atomic E-state index is 12.4. The highest BCUT2D eigenvalue weighted by Crippen LogP contribution is 2.37. The molecule has 12 nitrogen and oxygen atoms in total. The number of anilines is 1. The number of aromatic nitrogens is 2. The molecule has 0 spiro atoms. The number of nitrogens with zero attached hydrogens (tertiary/aromatic N) is 4. The predicted octanol–water partition coefficient (Wildman–Crippen LogP) is 4.76. The molecule has 45 heavy (non-hydrogen) atoms. The molecule has 0 aliphatic rings. The first-order valence-corrected chi connectivity index (χ1v) is 15.0. The number of nitrogens with two attached hydrogens (primary N) is 1. The minimum Gasteiger partial charge on any atom is -0.494 e. The van der Waals surface area contributed by atoms with Gasteiger partial charge in [0.1, 0.15) is 45.6 Å². The van der Waals surface area contributed by atoms with E-state index in [1.807, 2.05) is 0 Å². The number of amides is 2. The second kappa shape index (κ2) is 15.5. The van der Waals surface area contributed by atoms with Crippen LogP contribution >= 0.6 is 11.8 Å². The number of hydrogen-bond acceptors (Lipinski definition) is 11. The van der Waals surface area contributed by atoms with Gasteiger partial charge < -0.3 is 25.8 Å². The van der Waals surface area contributed by atoms with Crippen molar-refractivity contribution in [2.75, 3.05) is 19.4 Å². The van der Waals surface area contributed by atoms with Gasteiger partial charge in [0.05, 0.1) is 18.2 Å². The summed E-state index contributed by atoms with van der Waals surface area (Å²) < 4.78 is 11.0. The lowest BCUT2D eigenvalue weighted by molar-refractivity contribution is -0.120. The first-order chi connectivity index (χ1) is 21.4. The van der Waals surface area contributed by atoms with Crippen molar-refractivity contribution in [2.24, 2.45) is 0 Å². The number of ether oxygens (including phenoxy) is 2. The third kappa shape index (κ3) is 9.68. The summed E-state index contributed by atoms with van der Waals surface area (Å²) in [5, 5.41) is 25.4. The van der Waals surface area contributed by atoms with Crippen LogP contribution in [0.25, 0.3) is 11.1 Å². The molecule has 4 N–H and O–H groups in total. The lowest BCUT2D eigenvalue weighted by Gasteiger charge is -2.21. The van der Waals surface area contributed by atoms with Crippen molar-refractivity contribution in [3.8, 4) is 29.0 Å². The molecule has 0 radical (unpaired) electrons. The lowest BCUT2D eigenvalue weighted by atomic mass is 9.97. The molecule has 234 valence electrons. The van der Waals surface area contributed by atoms with Gasteiger partial charge in [-0.2, -0.15) is 10.5 Å². The minimum absolute atomic E-state index is 0.00448. The molecular weight excluding hydrogens is 594 g/mol. The zero-order chi connectivity index (χ0) is 33.1. The summed E-state index contributed by atoms with van der Waals surface area (Å²) >= 11 is 1.26. The van der Waals surface area contributed by atoms with Crippen LogP contribution in [0.2, 0.25) is 0 Å². The number of benzene rings is 1. The summed E-state index contributed by atoms with van der Waals surface area (Å²) in [7, 11) is 1.52. The number of hydrogen-bond donors (Lipinski definition) is 3. The van der Waals surface area contributed by atoms with Crippen molar-refractivity contribution in [1.82, 2.24) is 20.6 Å². The molecule has 0 aliphatic heterocycles. The topological polar surface area (TPSA) is 193 Å². The third-order valence-electron chi connectivity index (χ3n) is 6.27. The van der Waals surface area contributed by atoms with Gasteiger partial charge in [0.15, 0.2) is 5.78 Å². The van der Waals surface area contributed by atoms with Crippen LogP contribution in [0, 0.1) is 22.7 Å². The molecule has 0 saturated heterocycles. The van der Waals surface area contributed by atoms with Crippen LogP contribution in [0.4, 0.5) is 10.6 Å². The van der Waals surface area contributed by atoms with Gasteiger partial charge in [0.2, 0.25) is 0 Å². The smallest absolute Gasteiger partial charge is 0.408 e. The molecule has 0 unspecified atom stereocenters. The van der Waals surface area contributed by atoms with Crippen LogP contribution in [0.1, 0.15) is 67.7 Å². The third-order valence-corrected chi connectivity index (χ3v) is 7.32. The molecule has 2 amide bonds. The van der Waals surface area contributed by atoms with Gasteiger partial charge in [-0.05, 0) is 69.5 Å². The number of Topliss-reactive ketones (excluding diaryl/α,β-unsaturated/α-hetero) is 1. The van der Waals surface area contributed by atoms with E-state index in [-0.39, 0.29) is 47.4 Å². The molecule has 0 saturated carbocycles. The maximum absolute atomic E-state index is 12.4. The normalized spacial score (nSPS) is 11.4. The van der Waals surface area contributed by atoms with Crippen molar-refractivity contribution in [3.63, 3.8) is 0 Å². The minimum atomic E-state index is -0.691. The number of thioether (sulfide) groups is 1. The van der Waals surface area contributed by atoms with E-state index >= 15 is 0 Å². The maximum Gasteiger partial charge on any atom is 0.408 e. The zero-order valence-electron chi connectivity index (χ0n) is 25.8. The van der Waals surface area contributed by atoms with E-state index < -0.39 is 17.7 Å². The number of rotatable bonds is 12. The van der Waals surface area contributed by atoms with Gasteiger partial charge in [-0.3, -0.25) is 14.6 Å². The summed E-state index contributed by atoms with van der Waals surface area (Å²) in [5.74, 6) is 0.447. The van der Waals surface area contributed by atoms with Crippen LogP contribution < -0.4 is 21.1 Å². The Hall–Kier alpha value is -5.14. The van der Waals surface area contributed by atoms with Crippen LogP contribution in [-0.2, 0) is 15.3 Å². The number of nitrogen functional groups attached to an aromatic ring is 1. The van der Waals surface area contributed by atoms with Crippen LogP contribution in [-0.4, -0.2) is 53.0 Å². The van der Waals surface area contributed by atoms with Crippen molar-refractivity contribution < 1.29 is 23.9 Å². The number of nitriles is 2. The number of pyridine rings is 2. The standard InChI is InChI=1S/C32H35N7O5S/c1-19(38-31(42)44-32(2,3)4)26(40)7-6-14-43-22-10-8-21(9-11-22)27-23(16-33)28(35)39-30(24(27)17-34)45-18-20-12-13-37-25(15-20)29(41)36-5/h8-13,15,19H,6-7,14,18H2,1-5H3,(H2,35,39)(H,36,41)(H,38,42)/t19-/m0/s1. The summed E-state index contributed by atoms with van der Waals surface area (Å²) in [6, 6.07) is 13.8. The molecular formula is C32H35N7O5S. The summed E-state index contributed by atoms with van der Waals surface area (Å²) in [5.41, 5.74) is 7.78. The first-order valence-electron chi connectivity index (χ1n) is 14.1.